The Balaban J connectivity index is 2.16. The molecule has 0 aliphatic carbocycles. The van der Waals surface area contributed by atoms with Gasteiger partial charge in [0.2, 0.25) is 10.0 Å². The molecule has 0 amide bonds. The van der Waals surface area contributed by atoms with Gasteiger partial charge in [0.05, 0.1) is 11.4 Å². The molecule has 2 aromatic heterocycles. The number of hydrazine groups is 1. The minimum absolute atomic E-state index is 0.0876. The number of anilines is 1. The highest BCUT2D eigenvalue weighted by Gasteiger charge is 2.15. The first kappa shape index (κ1) is 13.5. The lowest BCUT2D eigenvalue weighted by atomic mass is 10.5. The highest BCUT2D eigenvalue weighted by Crippen LogP contribution is 2.12. The van der Waals surface area contributed by atoms with Gasteiger partial charge in [-0.15, -0.1) is 0 Å². The van der Waals surface area contributed by atoms with E-state index in [2.05, 4.69) is 20.1 Å². The molecule has 0 aliphatic rings. The maximum atomic E-state index is 12.1. The number of imidazole rings is 1. The number of pyridine rings is 1. The minimum Gasteiger partial charge on any atom is -0.337 e. The summed E-state index contributed by atoms with van der Waals surface area (Å²) in [6.45, 7) is 0.111. The summed E-state index contributed by atoms with van der Waals surface area (Å²) in [7, 11) is -1.83. The van der Waals surface area contributed by atoms with E-state index in [1.165, 1.54) is 18.3 Å². The minimum atomic E-state index is -3.62. The van der Waals surface area contributed by atoms with Crippen molar-refractivity contribution in [2.24, 2.45) is 12.9 Å². The lowest BCUT2D eigenvalue weighted by Crippen LogP contribution is -2.25. The summed E-state index contributed by atoms with van der Waals surface area (Å²) in [6.07, 6.45) is 4.71. The SMILES string of the molecule is Cn1ccnc1CNS(=O)(=O)c1ccnc(NN)c1. The highest BCUT2D eigenvalue weighted by molar-refractivity contribution is 7.89. The molecule has 8 nitrogen and oxygen atoms in total. The second-order valence-corrected chi connectivity index (χ2v) is 5.57. The first-order valence-corrected chi connectivity index (χ1v) is 6.90. The molecule has 0 unspecified atom stereocenters. The number of sulfonamides is 1. The predicted molar refractivity (Wildman–Crippen MR) is 69.3 cm³/mol. The average Bonchev–Trinajstić information content (AvgIpc) is 2.82. The quantitative estimate of drug-likeness (QED) is 0.507. The zero-order chi connectivity index (χ0) is 13.9. The van der Waals surface area contributed by atoms with Gasteiger partial charge in [0.1, 0.15) is 11.6 Å². The summed E-state index contributed by atoms with van der Waals surface area (Å²) >= 11 is 0. The highest BCUT2D eigenvalue weighted by atomic mass is 32.2. The van der Waals surface area contributed by atoms with Crippen LogP contribution < -0.4 is 16.0 Å². The number of nitrogens with one attached hydrogen (secondary N) is 2. The normalized spacial score (nSPS) is 11.5. The largest absolute Gasteiger partial charge is 0.337 e. The first-order valence-electron chi connectivity index (χ1n) is 5.41. The van der Waals surface area contributed by atoms with Crippen molar-refractivity contribution >= 4 is 15.8 Å². The summed E-state index contributed by atoms with van der Waals surface area (Å²) in [4.78, 5) is 7.98. The third-order valence-electron chi connectivity index (χ3n) is 2.53. The van der Waals surface area contributed by atoms with Crippen LogP contribution in [0.3, 0.4) is 0 Å². The molecule has 0 saturated carbocycles. The van der Waals surface area contributed by atoms with Gasteiger partial charge in [-0.05, 0) is 6.07 Å². The second-order valence-electron chi connectivity index (χ2n) is 3.80. The van der Waals surface area contributed by atoms with Gasteiger partial charge >= 0.3 is 0 Å². The van der Waals surface area contributed by atoms with Crippen LogP contribution in [0.1, 0.15) is 5.82 Å². The molecule has 2 rings (SSSR count). The standard InChI is InChI=1S/C10H14N6O2S/c1-16-5-4-13-10(16)7-14-19(17,18)8-2-3-12-9(6-8)15-11/h2-6,14H,7,11H2,1H3,(H,12,15). The Morgan fingerprint density at radius 2 is 2.16 bits per heavy atom. The van der Waals surface area contributed by atoms with Crippen molar-refractivity contribution in [2.45, 2.75) is 11.4 Å². The summed E-state index contributed by atoms with van der Waals surface area (Å²) in [5.41, 5.74) is 2.30. The van der Waals surface area contributed by atoms with E-state index in [1.807, 2.05) is 0 Å². The van der Waals surface area contributed by atoms with E-state index in [4.69, 9.17) is 5.84 Å². The fourth-order valence-electron chi connectivity index (χ4n) is 1.47. The molecule has 0 bridgehead atoms. The number of rotatable bonds is 5. The molecule has 2 heterocycles. The Hall–Kier alpha value is -1.97. The van der Waals surface area contributed by atoms with E-state index in [1.54, 1.807) is 24.0 Å². The third kappa shape index (κ3) is 3.08. The van der Waals surface area contributed by atoms with Crippen LogP contribution in [0.2, 0.25) is 0 Å². The molecule has 102 valence electrons. The lowest BCUT2D eigenvalue weighted by Gasteiger charge is -2.07. The van der Waals surface area contributed by atoms with E-state index in [0.717, 1.165) is 0 Å². The molecule has 9 heteroatoms. The molecular weight excluding hydrogens is 268 g/mol. The maximum absolute atomic E-state index is 12.1. The maximum Gasteiger partial charge on any atom is 0.241 e. The van der Waals surface area contributed by atoms with Crippen molar-refractivity contribution in [1.82, 2.24) is 19.3 Å². The predicted octanol–water partition coefficient (Wildman–Crippen LogP) is -0.421. The van der Waals surface area contributed by atoms with Crippen molar-refractivity contribution in [2.75, 3.05) is 5.43 Å². The molecule has 0 radical (unpaired) electrons. The van der Waals surface area contributed by atoms with E-state index in [0.29, 0.717) is 5.82 Å². The van der Waals surface area contributed by atoms with Crippen molar-refractivity contribution in [3.05, 3.63) is 36.5 Å². The Labute approximate surface area is 110 Å². The molecule has 0 fully saturated rings. The van der Waals surface area contributed by atoms with E-state index >= 15 is 0 Å². The molecular formula is C10H14N6O2S. The first-order chi connectivity index (χ1) is 9.03. The number of aromatic nitrogens is 3. The van der Waals surface area contributed by atoms with Gasteiger partial charge in [0, 0.05) is 31.7 Å². The van der Waals surface area contributed by atoms with Crippen LogP contribution in [0.25, 0.3) is 0 Å². The number of nitrogens with zero attached hydrogens (tertiary/aromatic N) is 3. The molecule has 19 heavy (non-hydrogen) atoms. The Kier molecular flexibility index (Phi) is 3.79. The van der Waals surface area contributed by atoms with Gasteiger partial charge in [-0.3, -0.25) is 0 Å². The van der Waals surface area contributed by atoms with Crippen LogP contribution in [0, 0.1) is 0 Å². The average molecular weight is 282 g/mol. The number of hydrogen-bond acceptors (Lipinski definition) is 6. The molecule has 0 aromatic carbocycles. The van der Waals surface area contributed by atoms with Crippen LogP contribution >= 0.6 is 0 Å². The van der Waals surface area contributed by atoms with Crippen LogP contribution in [-0.4, -0.2) is 23.0 Å². The zero-order valence-electron chi connectivity index (χ0n) is 10.2. The van der Waals surface area contributed by atoms with Crippen LogP contribution in [0.5, 0.6) is 0 Å². The molecule has 0 saturated heterocycles. The number of nitrogen functional groups attached to an aromatic ring is 1. The fourth-order valence-corrected chi connectivity index (χ4v) is 2.46. The molecule has 4 N–H and O–H groups in total. The summed E-state index contributed by atoms with van der Waals surface area (Å²) in [5, 5.41) is 0. The number of nitrogens with two attached hydrogens (primary N) is 1. The monoisotopic (exact) mass is 282 g/mol. The number of aryl methyl sites for hydroxylation is 1. The van der Waals surface area contributed by atoms with Crippen LogP contribution in [0.15, 0.2) is 35.6 Å². The van der Waals surface area contributed by atoms with Gasteiger partial charge in [0.15, 0.2) is 0 Å². The summed E-state index contributed by atoms with van der Waals surface area (Å²) < 4.78 is 28.3. The molecule has 0 aliphatic heterocycles. The van der Waals surface area contributed by atoms with Crippen molar-refractivity contribution < 1.29 is 8.42 Å². The van der Waals surface area contributed by atoms with E-state index in [9.17, 15) is 8.42 Å². The topological polar surface area (TPSA) is 115 Å². The number of hydrogen-bond donors (Lipinski definition) is 3. The second kappa shape index (κ2) is 5.34. The molecule has 2 aromatic rings. The van der Waals surface area contributed by atoms with Gasteiger partial charge < -0.3 is 9.99 Å². The summed E-state index contributed by atoms with van der Waals surface area (Å²) in [5.74, 6) is 6.09. The van der Waals surface area contributed by atoms with Crippen LogP contribution in [0.4, 0.5) is 5.82 Å². The van der Waals surface area contributed by atoms with Crippen LogP contribution in [-0.2, 0) is 23.6 Å². The molecule has 0 atom stereocenters. The zero-order valence-corrected chi connectivity index (χ0v) is 11.1. The lowest BCUT2D eigenvalue weighted by molar-refractivity contribution is 0.577. The van der Waals surface area contributed by atoms with Gasteiger partial charge in [0.25, 0.3) is 0 Å². The van der Waals surface area contributed by atoms with Crippen molar-refractivity contribution in [1.29, 1.82) is 0 Å². The van der Waals surface area contributed by atoms with Gasteiger partial charge in [-0.1, -0.05) is 0 Å². The van der Waals surface area contributed by atoms with E-state index in [-0.39, 0.29) is 17.3 Å². The Morgan fingerprint density at radius 1 is 1.37 bits per heavy atom. The van der Waals surface area contributed by atoms with Gasteiger partial charge in [-0.25, -0.2) is 29.0 Å². The Bertz CT molecular complexity index is 666. The van der Waals surface area contributed by atoms with Gasteiger partial charge in [-0.2, -0.15) is 0 Å². The van der Waals surface area contributed by atoms with E-state index < -0.39 is 10.0 Å². The van der Waals surface area contributed by atoms with Crippen molar-refractivity contribution in [3.63, 3.8) is 0 Å². The fraction of sp³-hybridized carbons (Fsp3) is 0.200. The third-order valence-corrected chi connectivity index (χ3v) is 3.93. The summed E-state index contributed by atoms with van der Waals surface area (Å²) in [6, 6.07) is 2.74. The Morgan fingerprint density at radius 3 is 2.79 bits per heavy atom. The molecule has 0 spiro atoms. The smallest absolute Gasteiger partial charge is 0.241 e. The van der Waals surface area contributed by atoms with Crippen molar-refractivity contribution in [3.8, 4) is 0 Å².